The maximum Gasteiger partial charge on any atom is 0.0642 e. The second kappa shape index (κ2) is 5.14. The first-order chi connectivity index (χ1) is 7.81. The van der Waals surface area contributed by atoms with Crippen LogP contribution in [0.25, 0.3) is 5.57 Å². The van der Waals surface area contributed by atoms with Crippen molar-refractivity contribution in [3.05, 3.63) is 36.4 Å². The minimum absolute atomic E-state index is 0.511. The molecule has 0 spiro atoms. The molecule has 1 aromatic carbocycles. The predicted molar refractivity (Wildman–Crippen MR) is 67.6 cm³/mol. The molecule has 1 aromatic rings. The summed E-state index contributed by atoms with van der Waals surface area (Å²) in [7, 11) is 0. The Labute approximate surface area is 96.5 Å². The molecule has 0 atom stereocenters. The largest absolute Gasteiger partial charge is 0.378 e. The fourth-order valence-corrected chi connectivity index (χ4v) is 1.85. The Morgan fingerprint density at radius 2 is 1.88 bits per heavy atom. The summed E-state index contributed by atoms with van der Waals surface area (Å²) >= 11 is 0. The molecule has 0 unspecified atom stereocenters. The number of anilines is 1. The SMILES string of the molecule is C=C(CN)c1ccc(N2CCOCC2)cc1. The molecule has 1 saturated heterocycles. The molecule has 16 heavy (non-hydrogen) atoms. The van der Waals surface area contributed by atoms with Gasteiger partial charge in [-0.3, -0.25) is 0 Å². The van der Waals surface area contributed by atoms with E-state index in [1.807, 2.05) is 0 Å². The van der Waals surface area contributed by atoms with Crippen LogP contribution in [0.4, 0.5) is 5.69 Å². The van der Waals surface area contributed by atoms with Crippen molar-refractivity contribution in [3.63, 3.8) is 0 Å². The van der Waals surface area contributed by atoms with E-state index in [2.05, 4.69) is 35.7 Å². The van der Waals surface area contributed by atoms with Gasteiger partial charge in [0.2, 0.25) is 0 Å². The van der Waals surface area contributed by atoms with Gasteiger partial charge in [0.25, 0.3) is 0 Å². The number of hydrogen-bond acceptors (Lipinski definition) is 3. The second-order valence-electron chi connectivity index (χ2n) is 3.95. The van der Waals surface area contributed by atoms with Crippen molar-refractivity contribution in [2.45, 2.75) is 0 Å². The minimum Gasteiger partial charge on any atom is -0.378 e. The normalized spacial score (nSPS) is 16.2. The lowest BCUT2D eigenvalue weighted by atomic mass is 10.1. The van der Waals surface area contributed by atoms with Crippen molar-refractivity contribution in [3.8, 4) is 0 Å². The average Bonchev–Trinajstić information content (AvgIpc) is 2.39. The molecule has 0 bridgehead atoms. The smallest absolute Gasteiger partial charge is 0.0642 e. The van der Waals surface area contributed by atoms with Gasteiger partial charge in [0, 0.05) is 25.3 Å². The van der Waals surface area contributed by atoms with E-state index < -0.39 is 0 Å². The summed E-state index contributed by atoms with van der Waals surface area (Å²) < 4.78 is 5.33. The van der Waals surface area contributed by atoms with Crippen LogP contribution in [0, 0.1) is 0 Å². The summed E-state index contributed by atoms with van der Waals surface area (Å²) in [5.74, 6) is 0. The third-order valence-electron chi connectivity index (χ3n) is 2.90. The Bertz CT molecular complexity index is 353. The van der Waals surface area contributed by atoms with Gasteiger partial charge in [-0.15, -0.1) is 0 Å². The van der Waals surface area contributed by atoms with E-state index in [1.165, 1.54) is 5.69 Å². The maximum atomic E-state index is 5.56. The lowest BCUT2D eigenvalue weighted by molar-refractivity contribution is 0.122. The van der Waals surface area contributed by atoms with E-state index in [0.717, 1.165) is 37.4 Å². The third-order valence-corrected chi connectivity index (χ3v) is 2.90. The minimum atomic E-state index is 0.511. The molecule has 3 nitrogen and oxygen atoms in total. The van der Waals surface area contributed by atoms with E-state index in [1.54, 1.807) is 0 Å². The van der Waals surface area contributed by atoms with Crippen LogP contribution >= 0.6 is 0 Å². The summed E-state index contributed by atoms with van der Waals surface area (Å²) in [6.45, 7) is 8.01. The molecule has 3 heteroatoms. The summed E-state index contributed by atoms with van der Waals surface area (Å²) in [4.78, 5) is 2.33. The van der Waals surface area contributed by atoms with Gasteiger partial charge in [-0.05, 0) is 23.3 Å². The van der Waals surface area contributed by atoms with Gasteiger partial charge in [-0.2, -0.15) is 0 Å². The van der Waals surface area contributed by atoms with Crippen LogP contribution in [-0.2, 0) is 4.74 Å². The van der Waals surface area contributed by atoms with Crippen LogP contribution in [0.5, 0.6) is 0 Å². The third kappa shape index (κ3) is 2.43. The first-order valence-corrected chi connectivity index (χ1v) is 5.62. The van der Waals surface area contributed by atoms with Gasteiger partial charge in [0.15, 0.2) is 0 Å². The molecular weight excluding hydrogens is 200 g/mol. The number of rotatable bonds is 3. The number of morpholine rings is 1. The number of nitrogens with two attached hydrogens (primary N) is 1. The van der Waals surface area contributed by atoms with Crippen LogP contribution in [0.3, 0.4) is 0 Å². The van der Waals surface area contributed by atoms with E-state index in [-0.39, 0.29) is 0 Å². The van der Waals surface area contributed by atoms with Gasteiger partial charge in [0.05, 0.1) is 13.2 Å². The molecule has 1 aliphatic rings. The molecule has 86 valence electrons. The van der Waals surface area contributed by atoms with Crippen LogP contribution in [-0.4, -0.2) is 32.8 Å². The highest BCUT2D eigenvalue weighted by molar-refractivity contribution is 5.66. The van der Waals surface area contributed by atoms with Crippen molar-refractivity contribution in [1.29, 1.82) is 0 Å². The fraction of sp³-hybridized carbons (Fsp3) is 0.385. The second-order valence-corrected chi connectivity index (χ2v) is 3.95. The number of ether oxygens (including phenoxy) is 1. The van der Waals surface area contributed by atoms with E-state index in [0.29, 0.717) is 6.54 Å². The molecule has 1 heterocycles. The Morgan fingerprint density at radius 3 is 2.44 bits per heavy atom. The van der Waals surface area contributed by atoms with Gasteiger partial charge in [-0.25, -0.2) is 0 Å². The lowest BCUT2D eigenvalue weighted by Gasteiger charge is -2.29. The molecule has 2 rings (SSSR count). The molecular formula is C13H18N2O. The number of benzene rings is 1. The summed E-state index contributed by atoms with van der Waals surface area (Å²) in [5.41, 5.74) is 8.91. The van der Waals surface area contributed by atoms with E-state index >= 15 is 0 Å². The van der Waals surface area contributed by atoms with E-state index in [9.17, 15) is 0 Å². The van der Waals surface area contributed by atoms with Crippen LogP contribution in [0.2, 0.25) is 0 Å². The lowest BCUT2D eigenvalue weighted by Crippen LogP contribution is -2.36. The Morgan fingerprint density at radius 1 is 1.25 bits per heavy atom. The molecule has 1 fully saturated rings. The van der Waals surface area contributed by atoms with Crippen LogP contribution < -0.4 is 10.6 Å². The van der Waals surface area contributed by atoms with Crippen molar-refractivity contribution in [2.75, 3.05) is 37.7 Å². The van der Waals surface area contributed by atoms with Crippen molar-refractivity contribution >= 4 is 11.3 Å². The summed E-state index contributed by atoms with van der Waals surface area (Å²) in [6, 6.07) is 8.42. The van der Waals surface area contributed by atoms with Crippen molar-refractivity contribution < 1.29 is 4.74 Å². The zero-order valence-electron chi connectivity index (χ0n) is 9.48. The molecule has 0 aromatic heterocycles. The number of hydrogen-bond donors (Lipinski definition) is 1. The van der Waals surface area contributed by atoms with E-state index in [4.69, 9.17) is 10.5 Å². The highest BCUT2D eigenvalue weighted by atomic mass is 16.5. The van der Waals surface area contributed by atoms with Crippen molar-refractivity contribution in [2.24, 2.45) is 5.73 Å². The molecule has 0 radical (unpaired) electrons. The Kier molecular flexibility index (Phi) is 3.59. The van der Waals surface area contributed by atoms with Gasteiger partial charge in [0.1, 0.15) is 0 Å². The Balaban J connectivity index is 2.09. The quantitative estimate of drug-likeness (QED) is 0.835. The predicted octanol–water partition coefficient (Wildman–Crippen LogP) is 1.50. The zero-order chi connectivity index (χ0) is 11.4. The highest BCUT2D eigenvalue weighted by Gasteiger charge is 2.10. The number of nitrogens with zero attached hydrogens (tertiary/aromatic N) is 1. The topological polar surface area (TPSA) is 38.5 Å². The zero-order valence-corrected chi connectivity index (χ0v) is 9.48. The highest BCUT2D eigenvalue weighted by Crippen LogP contribution is 2.19. The fourth-order valence-electron chi connectivity index (χ4n) is 1.85. The molecule has 0 saturated carbocycles. The maximum absolute atomic E-state index is 5.56. The monoisotopic (exact) mass is 218 g/mol. The van der Waals surface area contributed by atoms with Crippen LogP contribution in [0.1, 0.15) is 5.56 Å². The van der Waals surface area contributed by atoms with Gasteiger partial charge >= 0.3 is 0 Å². The average molecular weight is 218 g/mol. The van der Waals surface area contributed by atoms with Crippen LogP contribution in [0.15, 0.2) is 30.8 Å². The van der Waals surface area contributed by atoms with Gasteiger partial charge in [-0.1, -0.05) is 18.7 Å². The molecule has 1 aliphatic heterocycles. The molecule has 0 amide bonds. The Hall–Kier alpha value is -1.32. The molecule has 2 N–H and O–H groups in total. The molecule has 0 aliphatic carbocycles. The first-order valence-electron chi connectivity index (χ1n) is 5.62. The van der Waals surface area contributed by atoms with Crippen molar-refractivity contribution in [1.82, 2.24) is 0 Å². The van der Waals surface area contributed by atoms with Gasteiger partial charge < -0.3 is 15.4 Å². The summed E-state index contributed by atoms with van der Waals surface area (Å²) in [6.07, 6.45) is 0. The standard InChI is InChI=1S/C13H18N2O/c1-11(10-14)12-2-4-13(5-3-12)15-6-8-16-9-7-15/h2-5H,1,6-10,14H2. The first kappa shape index (κ1) is 11.2. The summed E-state index contributed by atoms with van der Waals surface area (Å²) in [5, 5.41) is 0.